The largest absolute Gasteiger partial charge is 0.307 e. The molecular formula is C15H13Cl2N5O2. The number of rotatable bonds is 6. The predicted molar refractivity (Wildman–Crippen MR) is 91.3 cm³/mol. The zero-order chi connectivity index (χ0) is 17.1. The second-order valence-electron chi connectivity index (χ2n) is 5.13. The molecule has 24 heavy (non-hydrogen) atoms. The number of hydrogen-bond acceptors (Lipinski definition) is 5. The molecule has 7 nitrogen and oxygen atoms in total. The highest BCUT2D eigenvalue weighted by Gasteiger charge is 2.11. The van der Waals surface area contributed by atoms with Crippen molar-refractivity contribution in [2.75, 3.05) is 0 Å². The first-order chi connectivity index (χ1) is 11.6. The van der Waals surface area contributed by atoms with Gasteiger partial charge in [0.15, 0.2) is 5.52 Å². The molecule has 1 aromatic carbocycles. The minimum atomic E-state index is -0.347. The third-order valence-corrected chi connectivity index (χ3v) is 4.16. The molecule has 2 aromatic heterocycles. The topological polar surface area (TPSA) is 104 Å². The molecule has 0 bridgehead atoms. The van der Waals surface area contributed by atoms with Crippen molar-refractivity contribution in [3.8, 4) is 0 Å². The highest BCUT2D eigenvalue weighted by molar-refractivity contribution is 6.42. The Morgan fingerprint density at radius 2 is 2.00 bits per heavy atom. The first-order valence-electron chi connectivity index (χ1n) is 7.13. The van der Waals surface area contributed by atoms with E-state index in [-0.39, 0.29) is 17.5 Å². The molecule has 3 aromatic rings. The number of aromatic amines is 2. The quantitative estimate of drug-likeness (QED) is 0.579. The van der Waals surface area contributed by atoms with Crippen molar-refractivity contribution in [3.63, 3.8) is 0 Å². The molecule has 0 aliphatic heterocycles. The van der Waals surface area contributed by atoms with Crippen molar-refractivity contribution < 1.29 is 4.79 Å². The van der Waals surface area contributed by atoms with Crippen LogP contribution in [0.3, 0.4) is 0 Å². The summed E-state index contributed by atoms with van der Waals surface area (Å²) in [4.78, 5) is 29.7. The predicted octanol–water partition coefficient (Wildman–Crippen LogP) is 1.98. The van der Waals surface area contributed by atoms with Crippen LogP contribution in [0.15, 0.2) is 23.0 Å². The summed E-state index contributed by atoms with van der Waals surface area (Å²) in [6.07, 6.45) is 0.862. The van der Waals surface area contributed by atoms with Crippen molar-refractivity contribution in [1.82, 2.24) is 25.5 Å². The first-order valence-corrected chi connectivity index (χ1v) is 7.88. The van der Waals surface area contributed by atoms with Gasteiger partial charge >= 0.3 is 0 Å². The lowest BCUT2D eigenvalue weighted by Crippen LogP contribution is -2.19. The van der Waals surface area contributed by atoms with Gasteiger partial charge in [-0.05, 0) is 17.7 Å². The number of nitrogens with one attached hydrogen (secondary N) is 3. The summed E-state index contributed by atoms with van der Waals surface area (Å²) in [6.45, 7) is 0.877. The molecular weight excluding hydrogens is 353 g/mol. The van der Waals surface area contributed by atoms with Gasteiger partial charge in [-0.1, -0.05) is 29.3 Å². The molecule has 2 heterocycles. The van der Waals surface area contributed by atoms with E-state index in [1.54, 1.807) is 12.1 Å². The van der Waals surface area contributed by atoms with Crippen LogP contribution in [0, 0.1) is 0 Å². The van der Waals surface area contributed by atoms with Gasteiger partial charge in [0.05, 0.1) is 22.3 Å². The molecule has 0 fully saturated rings. The van der Waals surface area contributed by atoms with Crippen LogP contribution in [0.25, 0.3) is 11.0 Å². The van der Waals surface area contributed by atoms with E-state index in [0.717, 1.165) is 11.8 Å². The van der Waals surface area contributed by atoms with E-state index >= 15 is 0 Å². The summed E-state index contributed by atoms with van der Waals surface area (Å²) in [5.41, 5.74) is 1.74. The lowest BCUT2D eigenvalue weighted by Gasteiger charge is -2.06. The third-order valence-electron chi connectivity index (χ3n) is 3.43. The number of carbonyl (C=O) groups is 1. The SMILES string of the molecule is O=CCc1[nH]nc2c(=O)[nH]c(CNCc3ccc(Cl)c(Cl)c3)nc12. The van der Waals surface area contributed by atoms with Gasteiger partial charge in [0.25, 0.3) is 5.56 Å². The number of carbonyl (C=O) groups excluding carboxylic acids is 1. The molecule has 0 amide bonds. The molecule has 0 unspecified atom stereocenters. The summed E-state index contributed by atoms with van der Waals surface area (Å²) in [6, 6.07) is 5.36. The van der Waals surface area contributed by atoms with E-state index < -0.39 is 0 Å². The summed E-state index contributed by atoms with van der Waals surface area (Å²) >= 11 is 11.8. The van der Waals surface area contributed by atoms with Crippen LogP contribution < -0.4 is 10.9 Å². The van der Waals surface area contributed by atoms with Crippen molar-refractivity contribution in [2.24, 2.45) is 0 Å². The minimum Gasteiger partial charge on any atom is -0.307 e. The van der Waals surface area contributed by atoms with Crippen LogP contribution in [-0.4, -0.2) is 26.5 Å². The summed E-state index contributed by atoms with van der Waals surface area (Å²) < 4.78 is 0. The van der Waals surface area contributed by atoms with Crippen LogP contribution in [0.1, 0.15) is 17.1 Å². The first kappa shape index (κ1) is 16.6. The number of aromatic nitrogens is 4. The number of hydrogen-bond donors (Lipinski definition) is 3. The fourth-order valence-corrected chi connectivity index (χ4v) is 2.61. The van der Waals surface area contributed by atoms with E-state index in [4.69, 9.17) is 23.2 Å². The number of aldehydes is 1. The fourth-order valence-electron chi connectivity index (χ4n) is 2.29. The second-order valence-corrected chi connectivity index (χ2v) is 5.95. The van der Waals surface area contributed by atoms with Crippen LogP contribution in [-0.2, 0) is 24.3 Å². The Morgan fingerprint density at radius 1 is 1.17 bits per heavy atom. The monoisotopic (exact) mass is 365 g/mol. The fraction of sp³-hybridized carbons (Fsp3) is 0.200. The Morgan fingerprint density at radius 3 is 2.75 bits per heavy atom. The maximum Gasteiger partial charge on any atom is 0.279 e. The van der Waals surface area contributed by atoms with Gasteiger partial charge in [0.1, 0.15) is 17.6 Å². The van der Waals surface area contributed by atoms with Gasteiger partial charge in [0.2, 0.25) is 0 Å². The van der Waals surface area contributed by atoms with E-state index in [1.165, 1.54) is 0 Å². The van der Waals surface area contributed by atoms with Crippen LogP contribution >= 0.6 is 23.2 Å². The molecule has 0 aliphatic rings. The zero-order valence-electron chi connectivity index (χ0n) is 12.4. The molecule has 0 saturated carbocycles. The Kier molecular flexibility index (Phi) is 4.94. The number of fused-ring (bicyclic) bond motifs is 1. The maximum absolute atomic E-state index is 12.0. The number of H-pyrrole nitrogens is 2. The Labute approximate surface area is 146 Å². The highest BCUT2D eigenvalue weighted by atomic mass is 35.5. The zero-order valence-corrected chi connectivity index (χ0v) is 13.9. The second kappa shape index (κ2) is 7.12. The Bertz CT molecular complexity index is 951. The number of benzene rings is 1. The van der Waals surface area contributed by atoms with Gasteiger partial charge in [-0.3, -0.25) is 9.89 Å². The lowest BCUT2D eigenvalue weighted by molar-refractivity contribution is -0.107. The molecule has 9 heteroatoms. The number of halogens is 2. The van der Waals surface area contributed by atoms with Crippen molar-refractivity contribution in [1.29, 1.82) is 0 Å². The van der Waals surface area contributed by atoms with Gasteiger partial charge in [-0.25, -0.2) is 4.98 Å². The summed E-state index contributed by atoms with van der Waals surface area (Å²) in [5, 5.41) is 10.7. The van der Waals surface area contributed by atoms with Gasteiger partial charge in [-0.15, -0.1) is 0 Å². The minimum absolute atomic E-state index is 0.128. The lowest BCUT2D eigenvalue weighted by atomic mass is 10.2. The molecule has 0 atom stereocenters. The maximum atomic E-state index is 12.0. The highest BCUT2D eigenvalue weighted by Crippen LogP contribution is 2.22. The van der Waals surface area contributed by atoms with Crippen molar-refractivity contribution in [2.45, 2.75) is 19.5 Å². The standard InChI is InChI=1S/C15H13Cl2N5O2/c16-9-2-1-8(5-10(9)17)6-18-7-12-19-13-11(3-4-23)21-22-14(13)15(24)20-12/h1-2,4-5,18H,3,6-7H2,(H,21,22)(H,19,20,24). The smallest absolute Gasteiger partial charge is 0.279 e. The molecule has 0 aliphatic carbocycles. The Balaban J connectivity index is 1.75. The van der Waals surface area contributed by atoms with E-state index in [2.05, 4.69) is 25.5 Å². The van der Waals surface area contributed by atoms with E-state index in [9.17, 15) is 9.59 Å². The normalized spacial score (nSPS) is 11.1. The van der Waals surface area contributed by atoms with Gasteiger partial charge < -0.3 is 15.1 Å². The number of nitrogens with zero attached hydrogens (tertiary/aromatic N) is 2. The third kappa shape index (κ3) is 3.48. The van der Waals surface area contributed by atoms with Crippen molar-refractivity contribution in [3.05, 3.63) is 55.7 Å². The van der Waals surface area contributed by atoms with Gasteiger partial charge in [0, 0.05) is 13.0 Å². The van der Waals surface area contributed by atoms with Crippen LogP contribution in [0.5, 0.6) is 0 Å². The molecule has 0 radical (unpaired) electrons. The average Bonchev–Trinajstić information content (AvgIpc) is 2.95. The molecule has 124 valence electrons. The molecule has 3 rings (SSSR count). The van der Waals surface area contributed by atoms with Crippen LogP contribution in [0.4, 0.5) is 0 Å². The average molecular weight is 366 g/mol. The Hall–Kier alpha value is -2.22. The van der Waals surface area contributed by atoms with Crippen molar-refractivity contribution >= 4 is 40.5 Å². The molecule has 3 N–H and O–H groups in total. The molecule has 0 saturated heterocycles. The van der Waals surface area contributed by atoms with Gasteiger partial charge in [-0.2, -0.15) is 5.10 Å². The van der Waals surface area contributed by atoms with E-state index in [0.29, 0.717) is 40.2 Å². The molecule has 0 spiro atoms. The van der Waals surface area contributed by atoms with E-state index in [1.807, 2.05) is 6.07 Å². The van der Waals surface area contributed by atoms with Crippen LogP contribution in [0.2, 0.25) is 10.0 Å². The summed E-state index contributed by atoms with van der Waals surface area (Å²) in [5.74, 6) is 0.459. The summed E-state index contributed by atoms with van der Waals surface area (Å²) in [7, 11) is 0.